The van der Waals surface area contributed by atoms with E-state index in [1.807, 2.05) is 29.2 Å². The molecule has 0 saturated carbocycles. The second-order valence-electron chi connectivity index (χ2n) is 6.47. The number of amides is 1. The van der Waals surface area contributed by atoms with Crippen molar-refractivity contribution >= 4 is 29.1 Å². The van der Waals surface area contributed by atoms with E-state index < -0.39 is 0 Å². The number of hydrogen-bond acceptors (Lipinski definition) is 6. The third-order valence-electron chi connectivity index (χ3n) is 4.73. The molecule has 8 heteroatoms. The Labute approximate surface area is 164 Å². The van der Waals surface area contributed by atoms with Crippen molar-refractivity contribution in [2.45, 2.75) is 19.3 Å². The number of nitrogens with zero attached hydrogens (tertiary/aromatic N) is 4. The Morgan fingerprint density at radius 2 is 1.96 bits per heavy atom. The molecule has 27 heavy (non-hydrogen) atoms. The number of hydrogen-bond donors (Lipinski definition) is 1. The summed E-state index contributed by atoms with van der Waals surface area (Å²) in [6, 6.07) is 7.83. The minimum Gasteiger partial charge on any atom is -0.497 e. The first-order valence-electron chi connectivity index (χ1n) is 9.00. The van der Waals surface area contributed by atoms with Gasteiger partial charge in [-0.05, 0) is 30.5 Å². The number of nitrogen functional groups attached to an aromatic ring is 1. The van der Waals surface area contributed by atoms with Gasteiger partial charge in [-0.2, -0.15) is 0 Å². The summed E-state index contributed by atoms with van der Waals surface area (Å²) in [7, 11) is 1.64. The maximum absolute atomic E-state index is 12.6. The highest BCUT2D eigenvalue weighted by molar-refractivity contribution is 6.35. The molecule has 2 N–H and O–H groups in total. The second kappa shape index (κ2) is 8.90. The van der Waals surface area contributed by atoms with Crippen molar-refractivity contribution in [2.24, 2.45) is 0 Å². The second-order valence-corrected chi connectivity index (χ2v) is 6.84. The molecule has 7 nitrogen and oxygen atoms in total. The van der Waals surface area contributed by atoms with Crippen molar-refractivity contribution in [1.82, 2.24) is 14.9 Å². The van der Waals surface area contributed by atoms with Crippen LogP contribution in [0.4, 0.5) is 11.6 Å². The molecule has 0 spiro atoms. The van der Waals surface area contributed by atoms with Crippen LogP contribution in [0.15, 0.2) is 30.6 Å². The summed E-state index contributed by atoms with van der Waals surface area (Å²) < 4.78 is 5.16. The van der Waals surface area contributed by atoms with Crippen molar-refractivity contribution < 1.29 is 9.53 Å². The van der Waals surface area contributed by atoms with Crippen molar-refractivity contribution in [2.75, 3.05) is 43.9 Å². The van der Waals surface area contributed by atoms with E-state index in [1.165, 1.54) is 6.33 Å². The lowest BCUT2D eigenvalue weighted by Crippen LogP contribution is -2.35. The summed E-state index contributed by atoms with van der Waals surface area (Å²) in [5.41, 5.74) is 6.90. The first-order valence-corrected chi connectivity index (χ1v) is 9.38. The minimum absolute atomic E-state index is 0.168. The molecule has 2 heterocycles. The minimum atomic E-state index is 0.168. The molecule has 144 valence electrons. The lowest BCUT2D eigenvalue weighted by atomic mass is 10.1. The van der Waals surface area contributed by atoms with Crippen LogP contribution < -0.4 is 15.4 Å². The number of benzene rings is 1. The molecule has 1 fully saturated rings. The third kappa shape index (κ3) is 4.80. The van der Waals surface area contributed by atoms with E-state index in [9.17, 15) is 4.79 Å². The molecule has 1 saturated heterocycles. The van der Waals surface area contributed by atoms with E-state index >= 15 is 0 Å². The number of anilines is 2. The third-order valence-corrected chi connectivity index (χ3v) is 5.10. The van der Waals surface area contributed by atoms with Gasteiger partial charge in [0.15, 0.2) is 5.82 Å². The molecule has 2 aromatic rings. The number of rotatable bonds is 5. The molecule has 3 rings (SSSR count). The molecule has 0 aliphatic carbocycles. The Hall–Kier alpha value is -2.54. The van der Waals surface area contributed by atoms with Crippen molar-refractivity contribution in [3.63, 3.8) is 0 Å². The number of carbonyl (C=O) groups is 1. The highest BCUT2D eigenvalue weighted by atomic mass is 35.5. The number of aromatic nitrogens is 2. The van der Waals surface area contributed by atoms with Crippen LogP contribution in [0.25, 0.3) is 0 Å². The molecule has 0 bridgehead atoms. The molecule has 1 aromatic heterocycles. The van der Waals surface area contributed by atoms with Gasteiger partial charge in [-0.1, -0.05) is 23.7 Å². The quantitative estimate of drug-likeness (QED) is 0.845. The van der Waals surface area contributed by atoms with Crippen LogP contribution in [0, 0.1) is 0 Å². The lowest BCUT2D eigenvalue weighted by molar-refractivity contribution is -0.130. The fourth-order valence-corrected chi connectivity index (χ4v) is 3.39. The fourth-order valence-electron chi connectivity index (χ4n) is 3.17. The van der Waals surface area contributed by atoms with E-state index in [-0.39, 0.29) is 11.7 Å². The van der Waals surface area contributed by atoms with Gasteiger partial charge in [0.05, 0.1) is 7.11 Å². The van der Waals surface area contributed by atoms with Crippen LogP contribution >= 0.6 is 11.6 Å². The van der Waals surface area contributed by atoms with Crippen LogP contribution in [0.1, 0.15) is 18.4 Å². The molecule has 0 unspecified atom stereocenters. The molecule has 1 aliphatic rings. The maximum Gasteiger partial charge on any atom is 0.222 e. The fraction of sp³-hybridized carbons (Fsp3) is 0.421. The van der Waals surface area contributed by atoms with Gasteiger partial charge in [0.25, 0.3) is 0 Å². The largest absolute Gasteiger partial charge is 0.497 e. The maximum atomic E-state index is 12.6. The number of aryl methyl sites for hydroxylation is 1. The summed E-state index contributed by atoms with van der Waals surface area (Å²) in [5, 5.41) is 0.372. The predicted octanol–water partition coefficient (Wildman–Crippen LogP) is 2.39. The first-order chi connectivity index (χ1) is 13.1. The van der Waals surface area contributed by atoms with Crippen molar-refractivity contribution in [3.05, 3.63) is 41.2 Å². The standard InChI is InChI=1S/C19H24ClN5O2/c1-27-15-6-3-14(4-7-15)5-8-16(26)24-9-2-10-25(12-11-24)19-17(20)18(21)22-13-23-19/h3-4,6-7,13H,2,5,8-12H2,1H3,(H2,21,22,23). The van der Waals surface area contributed by atoms with Crippen molar-refractivity contribution in [3.8, 4) is 5.75 Å². The van der Waals surface area contributed by atoms with Gasteiger partial charge >= 0.3 is 0 Å². The van der Waals surface area contributed by atoms with Crippen LogP contribution in [0.5, 0.6) is 5.75 Å². The van der Waals surface area contributed by atoms with E-state index in [0.29, 0.717) is 30.4 Å². The Kier molecular flexibility index (Phi) is 6.34. The van der Waals surface area contributed by atoms with Crippen molar-refractivity contribution in [1.29, 1.82) is 0 Å². The van der Waals surface area contributed by atoms with Gasteiger partial charge in [0.1, 0.15) is 22.9 Å². The van der Waals surface area contributed by atoms with E-state index in [2.05, 4.69) is 14.9 Å². The van der Waals surface area contributed by atoms with Crippen LogP contribution in [0.2, 0.25) is 5.02 Å². The van der Waals surface area contributed by atoms with E-state index in [1.54, 1.807) is 7.11 Å². The monoisotopic (exact) mass is 389 g/mol. The summed E-state index contributed by atoms with van der Waals surface area (Å²) in [4.78, 5) is 24.8. The van der Waals surface area contributed by atoms with Crippen LogP contribution in [-0.2, 0) is 11.2 Å². The Bertz CT molecular complexity index is 784. The molecule has 1 aromatic carbocycles. The number of ether oxygens (including phenoxy) is 1. The average Bonchev–Trinajstić information content (AvgIpc) is 2.95. The number of nitrogens with two attached hydrogens (primary N) is 1. The van der Waals surface area contributed by atoms with Gasteiger partial charge < -0.3 is 20.3 Å². The predicted molar refractivity (Wildman–Crippen MR) is 106 cm³/mol. The zero-order chi connectivity index (χ0) is 19.2. The zero-order valence-electron chi connectivity index (χ0n) is 15.4. The Morgan fingerprint density at radius 1 is 1.19 bits per heavy atom. The Balaban J connectivity index is 1.55. The SMILES string of the molecule is COc1ccc(CCC(=O)N2CCCN(c3ncnc(N)c3Cl)CC2)cc1. The van der Waals surface area contributed by atoms with Gasteiger partial charge in [-0.15, -0.1) is 0 Å². The summed E-state index contributed by atoms with van der Waals surface area (Å²) >= 11 is 6.24. The number of carbonyl (C=O) groups excluding carboxylic acids is 1. The molecule has 1 amide bonds. The van der Waals surface area contributed by atoms with Gasteiger partial charge in [-0.3, -0.25) is 4.79 Å². The zero-order valence-corrected chi connectivity index (χ0v) is 16.2. The Morgan fingerprint density at radius 3 is 2.70 bits per heavy atom. The van der Waals surface area contributed by atoms with Gasteiger partial charge in [0.2, 0.25) is 5.91 Å². The molecular formula is C19H24ClN5O2. The highest BCUT2D eigenvalue weighted by Crippen LogP contribution is 2.27. The topological polar surface area (TPSA) is 84.6 Å². The average molecular weight is 390 g/mol. The summed E-state index contributed by atoms with van der Waals surface area (Å²) in [6.45, 7) is 2.82. The molecule has 0 radical (unpaired) electrons. The summed E-state index contributed by atoms with van der Waals surface area (Å²) in [6.07, 6.45) is 3.48. The lowest BCUT2D eigenvalue weighted by Gasteiger charge is -2.23. The molecule has 1 aliphatic heterocycles. The van der Waals surface area contributed by atoms with Crippen LogP contribution in [0.3, 0.4) is 0 Å². The normalized spacial score (nSPS) is 14.7. The first kappa shape index (κ1) is 19.2. The smallest absolute Gasteiger partial charge is 0.222 e. The molecular weight excluding hydrogens is 366 g/mol. The number of halogens is 1. The van der Waals surface area contributed by atoms with Gasteiger partial charge in [-0.25, -0.2) is 9.97 Å². The van der Waals surface area contributed by atoms with Crippen LogP contribution in [-0.4, -0.2) is 54.1 Å². The highest BCUT2D eigenvalue weighted by Gasteiger charge is 2.21. The van der Waals surface area contributed by atoms with E-state index in [4.69, 9.17) is 22.1 Å². The van der Waals surface area contributed by atoms with E-state index in [0.717, 1.165) is 37.2 Å². The molecule has 0 atom stereocenters. The van der Waals surface area contributed by atoms with Gasteiger partial charge in [0, 0.05) is 32.6 Å². The number of methoxy groups -OCH3 is 1. The summed E-state index contributed by atoms with van der Waals surface area (Å²) in [5.74, 6) is 1.90.